The topological polar surface area (TPSA) is 12.0 Å². The minimum Gasteiger partial charge on any atom is -0.385 e. The molecule has 0 bridgehead atoms. The summed E-state index contributed by atoms with van der Waals surface area (Å²) >= 11 is 1.44. The molecule has 0 saturated heterocycles. The SMILES string of the molecule is CSc1ccc(NCC2CC2)cc1F. The lowest BCUT2D eigenvalue weighted by Crippen LogP contribution is -2.03. The second-order valence-corrected chi connectivity index (χ2v) is 4.52. The molecule has 0 radical (unpaired) electrons. The molecule has 0 amide bonds. The van der Waals surface area contributed by atoms with Crippen molar-refractivity contribution in [2.45, 2.75) is 17.7 Å². The van der Waals surface area contributed by atoms with E-state index in [0.717, 1.165) is 18.2 Å². The van der Waals surface area contributed by atoms with Crippen LogP contribution < -0.4 is 5.32 Å². The Morgan fingerprint density at radius 1 is 1.50 bits per heavy atom. The van der Waals surface area contributed by atoms with E-state index in [1.54, 1.807) is 6.07 Å². The number of halogens is 1. The van der Waals surface area contributed by atoms with Crippen LogP contribution in [-0.2, 0) is 0 Å². The Morgan fingerprint density at radius 2 is 2.29 bits per heavy atom. The van der Waals surface area contributed by atoms with E-state index in [0.29, 0.717) is 4.90 Å². The second kappa shape index (κ2) is 4.22. The zero-order valence-electron chi connectivity index (χ0n) is 8.22. The van der Waals surface area contributed by atoms with Gasteiger partial charge in [-0.05, 0) is 43.2 Å². The molecule has 0 heterocycles. The van der Waals surface area contributed by atoms with Crippen molar-refractivity contribution in [3.8, 4) is 0 Å². The summed E-state index contributed by atoms with van der Waals surface area (Å²) in [6.07, 6.45) is 4.52. The molecule has 3 heteroatoms. The maximum atomic E-state index is 13.3. The molecule has 2 rings (SSSR count). The molecule has 1 nitrogen and oxygen atoms in total. The average Bonchev–Trinajstić information content (AvgIpc) is 2.98. The van der Waals surface area contributed by atoms with Gasteiger partial charge in [0.2, 0.25) is 0 Å². The fourth-order valence-electron chi connectivity index (χ4n) is 1.36. The lowest BCUT2D eigenvalue weighted by molar-refractivity contribution is 0.602. The van der Waals surface area contributed by atoms with Crippen LogP contribution in [0, 0.1) is 11.7 Å². The summed E-state index contributed by atoms with van der Waals surface area (Å²) in [5.74, 6) is 0.691. The third kappa shape index (κ3) is 2.41. The zero-order chi connectivity index (χ0) is 9.97. The Labute approximate surface area is 88.1 Å². The molecule has 1 N–H and O–H groups in total. The van der Waals surface area contributed by atoms with Crippen LogP contribution in [0.1, 0.15) is 12.8 Å². The molecule has 1 saturated carbocycles. The number of anilines is 1. The maximum Gasteiger partial charge on any atom is 0.138 e. The fraction of sp³-hybridized carbons (Fsp3) is 0.455. The molecule has 1 aromatic rings. The molecule has 14 heavy (non-hydrogen) atoms. The quantitative estimate of drug-likeness (QED) is 0.766. The minimum atomic E-state index is -0.127. The zero-order valence-corrected chi connectivity index (χ0v) is 9.03. The van der Waals surface area contributed by atoms with Gasteiger partial charge in [-0.1, -0.05) is 0 Å². The van der Waals surface area contributed by atoms with Gasteiger partial charge < -0.3 is 5.32 Å². The number of thioether (sulfide) groups is 1. The molecular weight excluding hydrogens is 197 g/mol. The van der Waals surface area contributed by atoms with Gasteiger partial charge in [-0.15, -0.1) is 11.8 Å². The van der Waals surface area contributed by atoms with Gasteiger partial charge in [0, 0.05) is 17.1 Å². The summed E-state index contributed by atoms with van der Waals surface area (Å²) < 4.78 is 13.3. The monoisotopic (exact) mass is 211 g/mol. The second-order valence-electron chi connectivity index (χ2n) is 3.67. The van der Waals surface area contributed by atoms with Crippen molar-refractivity contribution < 1.29 is 4.39 Å². The summed E-state index contributed by atoms with van der Waals surface area (Å²) in [6, 6.07) is 5.35. The largest absolute Gasteiger partial charge is 0.385 e. The van der Waals surface area contributed by atoms with Gasteiger partial charge in [-0.2, -0.15) is 0 Å². The number of nitrogens with one attached hydrogen (secondary N) is 1. The third-order valence-electron chi connectivity index (χ3n) is 2.44. The van der Waals surface area contributed by atoms with Crippen LogP contribution in [0.5, 0.6) is 0 Å². The number of hydrogen-bond acceptors (Lipinski definition) is 2. The fourth-order valence-corrected chi connectivity index (χ4v) is 1.82. The first-order valence-electron chi connectivity index (χ1n) is 4.87. The van der Waals surface area contributed by atoms with Gasteiger partial charge >= 0.3 is 0 Å². The Kier molecular flexibility index (Phi) is 2.96. The lowest BCUT2D eigenvalue weighted by atomic mass is 10.3. The molecular formula is C11H14FNS. The highest BCUT2D eigenvalue weighted by molar-refractivity contribution is 7.98. The van der Waals surface area contributed by atoms with Gasteiger partial charge in [-0.25, -0.2) is 4.39 Å². The van der Waals surface area contributed by atoms with E-state index >= 15 is 0 Å². The molecule has 1 fully saturated rings. The van der Waals surface area contributed by atoms with Crippen molar-refractivity contribution >= 4 is 17.4 Å². The van der Waals surface area contributed by atoms with Crippen LogP contribution in [0.3, 0.4) is 0 Å². The van der Waals surface area contributed by atoms with Gasteiger partial charge in [-0.3, -0.25) is 0 Å². The summed E-state index contributed by atoms with van der Waals surface area (Å²) in [5, 5.41) is 3.25. The van der Waals surface area contributed by atoms with E-state index in [9.17, 15) is 4.39 Å². The van der Waals surface area contributed by atoms with Crippen LogP contribution in [0.4, 0.5) is 10.1 Å². The van der Waals surface area contributed by atoms with Crippen LogP contribution in [0.2, 0.25) is 0 Å². The third-order valence-corrected chi connectivity index (χ3v) is 3.21. The van der Waals surface area contributed by atoms with Gasteiger partial charge in [0.1, 0.15) is 5.82 Å². The van der Waals surface area contributed by atoms with Crippen molar-refractivity contribution in [2.75, 3.05) is 18.1 Å². The van der Waals surface area contributed by atoms with Gasteiger partial charge in [0.05, 0.1) is 0 Å². The highest BCUT2D eigenvalue weighted by atomic mass is 32.2. The van der Waals surface area contributed by atoms with Crippen molar-refractivity contribution in [3.05, 3.63) is 24.0 Å². The van der Waals surface area contributed by atoms with Crippen LogP contribution in [0.15, 0.2) is 23.1 Å². The maximum absolute atomic E-state index is 13.3. The Morgan fingerprint density at radius 3 is 2.86 bits per heavy atom. The molecule has 1 aromatic carbocycles. The van der Waals surface area contributed by atoms with Gasteiger partial charge in [0.25, 0.3) is 0 Å². The van der Waals surface area contributed by atoms with E-state index in [2.05, 4.69) is 5.32 Å². The molecule has 76 valence electrons. The van der Waals surface area contributed by atoms with Crippen LogP contribution >= 0.6 is 11.8 Å². The molecule has 1 aliphatic rings. The van der Waals surface area contributed by atoms with E-state index in [1.165, 1.54) is 24.6 Å². The predicted octanol–water partition coefficient (Wildman–Crippen LogP) is 3.37. The van der Waals surface area contributed by atoms with E-state index in [4.69, 9.17) is 0 Å². The predicted molar refractivity (Wildman–Crippen MR) is 59.4 cm³/mol. The summed E-state index contributed by atoms with van der Waals surface area (Å²) in [5.41, 5.74) is 0.896. The Hall–Kier alpha value is -0.700. The highest BCUT2D eigenvalue weighted by Gasteiger charge is 2.20. The highest BCUT2D eigenvalue weighted by Crippen LogP contribution is 2.29. The van der Waals surface area contributed by atoms with Crippen molar-refractivity contribution in [3.63, 3.8) is 0 Å². The lowest BCUT2D eigenvalue weighted by Gasteiger charge is -2.06. The van der Waals surface area contributed by atoms with Crippen molar-refractivity contribution in [1.29, 1.82) is 0 Å². The first-order valence-corrected chi connectivity index (χ1v) is 6.09. The van der Waals surface area contributed by atoms with Crippen LogP contribution in [-0.4, -0.2) is 12.8 Å². The first kappa shape index (κ1) is 9.84. The van der Waals surface area contributed by atoms with Crippen LogP contribution in [0.25, 0.3) is 0 Å². The molecule has 0 spiro atoms. The number of benzene rings is 1. The summed E-state index contributed by atoms with van der Waals surface area (Å²) in [4.78, 5) is 0.710. The molecule has 0 atom stereocenters. The summed E-state index contributed by atoms with van der Waals surface area (Å²) in [7, 11) is 0. The molecule has 1 aliphatic carbocycles. The average molecular weight is 211 g/mol. The van der Waals surface area contributed by atoms with E-state index in [-0.39, 0.29) is 5.82 Å². The standard InChI is InChI=1S/C11H14FNS/c1-14-11-5-4-9(6-10(11)12)13-7-8-2-3-8/h4-6,8,13H,2-3,7H2,1H3. The first-order chi connectivity index (χ1) is 6.79. The van der Waals surface area contributed by atoms with E-state index in [1.807, 2.05) is 18.4 Å². The molecule has 0 aliphatic heterocycles. The smallest absolute Gasteiger partial charge is 0.138 e. The summed E-state index contributed by atoms with van der Waals surface area (Å²) in [6.45, 7) is 0.984. The normalized spacial score (nSPS) is 15.6. The number of rotatable bonds is 4. The number of hydrogen-bond donors (Lipinski definition) is 1. The Balaban J connectivity index is 1.99. The van der Waals surface area contributed by atoms with Gasteiger partial charge in [0.15, 0.2) is 0 Å². The van der Waals surface area contributed by atoms with Crippen molar-refractivity contribution in [2.24, 2.45) is 5.92 Å². The minimum absolute atomic E-state index is 0.127. The molecule has 0 unspecified atom stereocenters. The van der Waals surface area contributed by atoms with Crippen molar-refractivity contribution in [1.82, 2.24) is 0 Å². The molecule has 0 aromatic heterocycles. The Bertz CT molecular complexity index is 323. The van der Waals surface area contributed by atoms with E-state index < -0.39 is 0 Å².